The Morgan fingerprint density at radius 3 is 2.40 bits per heavy atom. The predicted molar refractivity (Wildman–Crippen MR) is 77.6 cm³/mol. The second kappa shape index (κ2) is 6.73. The number of aliphatic hydroxyl groups is 1. The molecule has 4 nitrogen and oxygen atoms in total. The van der Waals surface area contributed by atoms with Crippen molar-refractivity contribution in [3.63, 3.8) is 0 Å². The van der Waals surface area contributed by atoms with Crippen molar-refractivity contribution >= 4 is 11.6 Å². The van der Waals surface area contributed by atoms with Gasteiger partial charge in [0.1, 0.15) is 5.75 Å². The molecule has 2 aromatic rings. The summed E-state index contributed by atoms with van der Waals surface area (Å²) in [6.07, 6.45) is -0.509. The van der Waals surface area contributed by atoms with E-state index in [1.807, 2.05) is 30.3 Å². The number of rotatable bonds is 5. The fraction of sp³-hybridized carbons (Fsp3) is 0.188. The molecule has 0 aliphatic carbocycles. The average Bonchev–Trinajstić information content (AvgIpc) is 2.46. The van der Waals surface area contributed by atoms with E-state index in [1.165, 1.54) is 0 Å². The molecule has 0 fully saturated rings. The van der Waals surface area contributed by atoms with Gasteiger partial charge in [-0.05, 0) is 36.8 Å². The molecule has 20 heavy (non-hydrogen) atoms. The molecule has 2 rings (SSSR count). The number of anilines is 1. The second-order valence-electron chi connectivity index (χ2n) is 4.45. The summed E-state index contributed by atoms with van der Waals surface area (Å²) in [6.45, 7) is 1.64. The van der Waals surface area contributed by atoms with E-state index >= 15 is 0 Å². The van der Waals surface area contributed by atoms with Gasteiger partial charge >= 0.3 is 0 Å². The zero-order valence-electron chi connectivity index (χ0n) is 11.2. The van der Waals surface area contributed by atoms with Crippen LogP contribution in [0.3, 0.4) is 0 Å². The number of ether oxygens (including phenoxy) is 1. The number of amides is 1. The summed E-state index contributed by atoms with van der Waals surface area (Å²) in [6, 6.07) is 16.2. The lowest BCUT2D eigenvalue weighted by atomic mass is 10.1. The van der Waals surface area contributed by atoms with Crippen molar-refractivity contribution in [3.8, 4) is 5.75 Å². The topological polar surface area (TPSA) is 58.6 Å². The van der Waals surface area contributed by atoms with Crippen LogP contribution in [0, 0.1) is 0 Å². The van der Waals surface area contributed by atoms with Gasteiger partial charge in [0.15, 0.2) is 6.61 Å². The number of hydrogen-bond acceptors (Lipinski definition) is 3. The lowest BCUT2D eigenvalue weighted by Crippen LogP contribution is -2.20. The van der Waals surface area contributed by atoms with Crippen LogP contribution in [0.2, 0.25) is 0 Å². The molecule has 0 saturated heterocycles. The number of carbonyl (C=O) groups is 1. The highest BCUT2D eigenvalue weighted by atomic mass is 16.5. The largest absolute Gasteiger partial charge is 0.484 e. The molecule has 4 heteroatoms. The Kier molecular flexibility index (Phi) is 4.74. The fourth-order valence-corrected chi connectivity index (χ4v) is 1.71. The Morgan fingerprint density at radius 2 is 1.80 bits per heavy atom. The minimum Gasteiger partial charge on any atom is -0.484 e. The Labute approximate surface area is 118 Å². The molecule has 0 radical (unpaired) electrons. The van der Waals surface area contributed by atoms with Crippen LogP contribution < -0.4 is 10.1 Å². The number of nitrogens with one attached hydrogen (secondary N) is 1. The van der Waals surface area contributed by atoms with Crippen molar-refractivity contribution in [3.05, 3.63) is 60.2 Å². The maximum Gasteiger partial charge on any atom is 0.262 e. The number of aliphatic hydroxyl groups excluding tert-OH is 1. The lowest BCUT2D eigenvalue weighted by molar-refractivity contribution is -0.118. The molecular formula is C16H17NO3. The highest BCUT2D eigenvalue weighted by Gasteiger charge is 2.04. The number of carbonyl (C=O) groups excluding carboxylic acids is 1. The van der Waals surface area contributed by atoms with Crippen molar-refractivity contribution in [2.24, 2.45) is 0 Å². The van der Waals surface area contributed by atoms with Gasteiger partial charge in [0.25, 0.3) is 5.91 Å². The third-order valence-corrected chi connectivity index (χ3v) is 2.79. The van der Waals surface area contributed by atoms with E-state index in [0.717, 1.165) is 11.3 Å². The summed E-state index contributed by atoms with van der Waals surface area (Å²) in [5, 5.41) is 12.1. The summed E-state index contributed by atoms with van der Waals surface area (Å²) in [5.74, 6) is 0.383. The molecule has 104 valence electrons. The zero-order valence-corrected chi connectivity index (χ0v) is 11.2. The Hall–Kier alpha value is -2.33. The van der Waals surface area contributed by atoms with Crippen LogP contribution >= 0.6 is 0 Å². The van der Waals surface area contributed by atoms with Gasteiger partial charge in [-0.15, -0.1) is 0 Å². The molecule has 0 heterocycles. The molecule has 0 aliphatic heterocycles. The highest BCUT2D eigenvalue weighted by molar-refractivity contribution is 5.91. The normalized spacial score (nSPS) is 11.7. The van der Waals surface area contributed by atoms with Gasteiger partial charge in [-0.3, -0.25) is 4.79 Å². The smallest absolute Gasteiger partial charge is 0.262 e. The van der Waals surface area contributed by atoms with Crippen molar-refractivity contribution in [1.82, 2.24) is 0 Å². The molecular weight excluding hydrogens is 254 g/mol. The van der Waals surface area contributed by atoms with Gasteiger partial charge in [0.05, 0.1) is 6.10 Å². The summed E-state index contributed by atoms with van der Waals surface area (Å²) < 4.78 is 5.38. The Bertz CT molecular complexity index is 550. The third-order valence-electron chi connectivity index (χ3n) is 2.79. The van der Waals surface area contributed by atoms with E-state index in [1.54, 1.807) is 31.2 Å². The van der Waals surface area contributed by atoms with Crippen LogP contribution in [-0.2, 0) is 4.79 Å². The van der Waals surface area contributed by atoms with Gasteiger partial charge in [-0.1, -0.05) is 30.3 Å². The first-order chi connectivity index (χ1) is 9.65. The molecule has 0 aliphatic rings. The Balaban J connectivity index is 1.84. The van der Waals surface area contributed by atoms with E-state index in [-0.39, 0.29) is 12.5 Å². The predicted octanol–water partition coefficient (Wildman–Crippen LogP) is 2.76. The fourth-order valence-electron chi connectivity index (χ4n) is 1.71. The van der Waals surface area contributed by atoms with Crippen LogP contribution in [0.4, 0.5) is 5.69 Å². The first kappa shape index (κ1) is 14.1. The highest BCUT2D eigenvalue weighted by Crippen LogP contribution is 2.17. The molecule has 2 aromatic carbocycles. The maximum absolute atomic E-state index is 11.7. The molecule has 0 bridgehead atoms. The summed E-state index contributed by atoms with van der Waals surface area (Å²) in [7, 11) is 0. The second-order valence-corrected chi connectivity index (χ2v) is 4.45. The standard InChI is InChI=1S/C16H17NO3/c1-12(18)13-7-9-15(10-8-13)20-11-16(19)17-14-5-3-2-4-6-14/h2-10,12,18H,11H2,1H3,(H,17,19). The van der Waals surface area contributed by atoms with Crippen LogP contribution in [0.1, 0.15) is 18.6 Å². The minimum absolute atomic E-state index is 0.0527. The monoisotopic (exact) mass is 271 g/mol. The van der Waals surface area contributed by atoms with E-state index < -0.39 is 6.10 Å². The van der Waals surface area contributed by atoms with E-state index in [0.29, 0.717) is 5.75 Å². The van der Waals surface area contributed by atoms with Gasteiger partial charge < -0.3 is 15.2 Å². The number of para-hydroxylation sites is 1. The van der Waals surface area contributed by atoms with E-state index in [2.05, 4.69) is 5.32 Å². The van der Waals surface area contributed by atoms with Crippen molar-refractivity contribution in [2.75, 3.05) is 11.9 Å². The SMILES string of the molecule is CC(O)c1ccc(OCC(=O)Nc2ccccc2)cc1. The van der Waals surface area contributed by atoms with Crippen molar-refractivity contribution in [2.45, 2.75) is 13.0 Å². The Morgan fingerprint density at radius 1 is 1.15 bits per heavy atom. The zero-order chi connectivity index (χ0) is 14.4. The van der Waals surface area contributed by atoms with E-state index in [4.69, 9.17) is 4.74 Å². The lowest BCUT2D eigenvalue weighted by Gasteiger charge is -2.09. The van der Waals surface area contributed by atoms with Crippen molar-refractivity contribution < 1.29 is 14.6 Å². The first-order valence-electron chi connectivity index (χ1n) is 6.41. The molecule has 0 spiro atoms. The average molecular weight is 271 g/mol. The van der Waals surface area contributed by atoms with Gasteiger partial charge in [-0.2, -0.15) is 0 Å². The van der Waals surface area contributed by atoms with Crippen LogP contribution in [0.25, 0.3) is 0 Å². The van der Waals surface area contributed by atoms with Gasteiger partial charge in [-0.25, -0.2) is 0 Å². The van der Waals surface area contributed by atoms with Crippen LogP contribution in [0.15, 0.2) is 54.6 Å². The maximum atomic E-state index is 11.7. The number of benzene rings is 2. The quantitative estimate of drug-likeness (QED) is 0.879. The molecule has 1 amide bonds. The summed E-state index contributed by atoms with van der Waals surface area (Å²) >= 11 is 0. The number of hydrogen-bond donors (Lipinski definition) is 2. The van der Waals surface area contributed by atoms with Crippen LogP contribution in [0.5, 0.6) is 5.75 Å². The third kappa shape index (κ3) is 4.10. The molecule has 1 unspecified atom stereocenters. The molecule has 0 saturated carbocycles. The van der Waals surface area contributed by atoms with Crippen LogP contribution in [-0.4, -0.2) is 17.6 Å². The van der Waals surface area contributed by atoms with Gasteiger partial charge in [0, 0.05) is 5.69 Å². The molecule has 0 aromatic heterocycles. The summed E-state index contributed by atoms with van der Waals surface area (Å²) in [5.41, 5.74) is 1.55. The minimum atomic E-state index is -0.509. The van der Waals surface area contributed by atoms with Crippen molar-refractivity contribution in [1.29, 1.82) is 0 Å². The first-order valence-corrected chi connectivity index (χ1v) is 6.41. The molecule has 2 N–H and O–H groups in total. The van der Waals surface area contributed by atoms with E-state index in [9.17, 15) is 9.90 Å². The molecule has 1 atom stereocenters. The summed E-state index contributed by atoms with van der Waals surface area (Å²) in [4.78, 5) is 11.7. The van der Waals surface area contributed by atoms with Gasteiger partial charge in [0.2, 0.25) is 0 Å².